The molecule has 0 unspecified atom stereocenters. The number of rotatable bonds is 4. The number of aromatic nitrogens is 3. The van der Waals surface area contributed by atoms with Crippen LogP contribution in [0.2, 0.25) is 0 Å². The van der Waals surface area contributed by atoms with E-state index in [1.807, 2.05) is 42.9 Å². The summed E-state index contributed by atoms with van der Waals surface area (Å²) in [6.07, 6.45) is 7.30. The van der Waals surface area contributed by atoms with Crippen molar-refractivity contribution in [2.75, 3.05) is 19.9 Å². The Morgan fingerprint density at radius 1 is 1.14 bits per heavy atom. The second-order valence-electron chi connectivity index (χ2n) is 7.23. The van der Waals surface area contributed by atoms with Crippen LogP contribution >= 0.6 is 0 Å². The molecular formula is C21H22N4O3. The molecule has 0 spiro atoms. The van der Waals surface area contributed by atoms with Crippen LogP contribution in [0.4, 0.5) is 0 Å². The Balaban J connectivity index is 1.29. The fourth-order valence-corrected chi connectivity index (χ4v) is 3.73. The van der Waals surface area contributed by atoms with Gasteiger partial charge in [-0.25, -0.2) is 4.68 Å². The summed E-state index contributed by atoms with van der Waals surface area (Å²) in [5.74, 6) is 2.46. The van der Waals surface area contributed by atoms with Crippen LogP contribution in [0.5, 0.6) is 11.5 Å². The van der Waals surface area contributed by atoms with E-state index in [0.717, 1.165) is 60.3 Å². The number of benzene rings is 1. The van der Waals surface area contributed by atoms with Crippen molar-refractivity contribution in [2.24, 2.45) is 0 Å². The molecule has 5 rings (SSSR count). The van der Waals surface area contributed by atoms with E-state index in [1.54, 1.807) is 0 Å². The van der Waals surface area contributed by atoms with Gasteiger partial charge in [-0.2, -0.15) is 5.10 Å². The van der Waals surface area contributed by atoms with Crippen molar-refractivity contribution in [3.63, 3.8) is 0 Å². The van der Waals surface area contributed by atoms with Crippen molar-refractivity contribution in [1.29, 1.82) is 0 Å². The number of aryl methyl sites for hydroxylation is 2. The smallest absolute Gasteiger partial charge is 0.231 e. The first kappa shape index (κ1) is 17.1. The largest absolute Gasteiger partial charge is 0.454 e. The first-order chi connectivity index (χ1) is 13.7. The Morgan fingerprint density at radius 2 is 2.04 bits per heavy atom. The van der Waals surface area contributed by atoms with Crippen LogP contribution < -0.4 is 9.47 Å². The average molecular weight is 378 g/mol. The molecule has 1 aromatic carbocycles. The molecule has 0 saturated heterocycles. The lowest BCUT2D eigenvalue weighted by Gasteiger charge is -2.25. The Kier molecular flexibility index (Phi) is 4.16. The van der Waals surface area contributed by atoms with Gasteiger partial charge in [0, 0.05) is 43.0 Å². The highest BCUT2D eigenvalue weighted by molar-refractivity contribution is 5.66. The average Bonchev–Trinajstić information content (AvgIpc) is 3.44. The van der Waals surface area contributed by atoms with Crippen molar-refractivity contribution in [1.82, 2.24) is 19.8 Å². The van der Waals surface area contributed by atoms with Crippen molar-refractivity contribution in [3.05, 3.63) is 59.2 Å². The summed E-state index contributed by atoms with van der Waals surface area (Å²) in [7, 11) is 0. The van der Waals surface area contributed by atoms with E-state index in [9.17, 15) is 0 Å². The number of fused-ring (bicyclic) bond motifs is 1. The lowest BCUT2D eigenvalue weighted by Crippen LogP contribution is -2.28. The van der Waals surface area contributed by atoms with Crippen LogP contribution in [0.15, 0.2) is 41.2 Å². The van der Waals surface area contributed by atoms with E-state index in [2.05, 4.69) is 27.4 Å². The van der Waals surface area contributed by atoms with Gasteiger partial charge in [0.05, 0.1) is 17.6 Å². The van der Waals surface area contributed by atoms with Gasteiger partial charge in [-0.1, -0.05) is 11.2 Å². The SMILES string of the molecule is Cc1noc(C)c1CN1CC=C(c2cnn(-c3ccc4c(c3)OCO4)c2)CC1. The maximum absolute atomic E-state index is 5.46. The van der Waals surface area contributed by atoms with Gasteiger partial charge in [-0.3, -0.25) is 4.90 Å². The minimum atomic E-state index is 0.278. The van der Waals surface area contributed by atoms with E-state index >= 15 is 0 Å². The third-order valence-electron chi connectivity index (χ3n) is 5.43. The Labute approximate surface area is 163 Å². The number of nitrogens with zero attached hydrogens (tertiary/aromatic N) is 4. The van der Waals surface area contributed by atoms with Gasteiger partial charge in [0.1, 0.15) is 5.76 Å². The van der Waals surface area contributed by atoms with Gasteiger partial charge in [0.25, 0.3) is 0 Å². The zero-order valence-electron chi connectivity index (χ0n) is 16.0. The van der Waals surface area contributed by atoms with Crippen molar-refractivity contribution in [3.8, 4) is 17.2 Å². The van der Waals surface area contributed by atoms with Crippen LogP contribution in [-0.2, 0) is 6.54 Å². The van der Waals surface area contributed by atoms with Gasteiger partial charge in [0.2, 0.25) is 6.79 Å². The predicted molar refractivity (Wildman–Crippen MR) is 104 cm³/mol. The summed E-state index contributed by atoms with van der Waals surface area (Å²) in [5, 5.41) is 8.59. The molecular weight excluding hydrogens is 356 g/mol. The molecule has 3 aromatic rings. The van der Waals surface area contributed by atoms with E-state index in [0.29, 0.717) is 0 Å². The first-order valence-electron chi connectivity index (χ1n) is 9.45. The molecule has 7 nitrogen and oxygen atoms in total. The van der Waals surface area contributed by atoms with Crippen molar-refractivity contribution >= 4 is 5.57 Å². The van der Waals surface area contributed by atoms with Gasteiger partial charge < -0.3 is 14.0 Å². The van der Waals surface area contributed by atoms with Crippen LogP contribution in [0.25, 0.3) is 11.3 Å². The van der Waals surface area contributed by atoms with Gasteiger partial charge >= 0.3 is 0 Å². The maximum atomic E-state index is 5.46. The molecule has 0 N–H and O–H groups in total. The third-order valence-corrected chi connectivity index (χ3v) is 5.43. The highest BCUT2D eigenvalue weighted by Crippen LogP contribution is 2.34. The Bertz CT molecular complexity index is 1030. The third kappa shape index (κ3) is 3.07. The quantitative estimate of drug-likeness (QED) is 0.692. The molecule has 4 heterocycles. The monoisotopic (exact) mass is 378 g/mol. The van der Waals surface area contributed by atoms with Gasteiger partial charge in [-0.15, -0.1) is 0 Å². The summed E-state index contributed by atoms with van der Waals surface area (Å²) < 4.78 is 18.0. The molecule has 2 aromatic heterocycles. The molecule has 144 valence electrons. The maximum Gasteiger partial charge on any atom is 0.231 e. The number of hydrogen-bond acceptors (Lipinski definition) is 6. The standard InChI is InChI=1S/C21H22N4O3/c1-14-19(15(2)28-23-14)12-24-7-5-16(6-8-24)17-10-22-25(11-17)18-3-4-20-21(9-18)27-13-26-20/h3-5,9-11H,6-8,12-13H2,1-2H3. The van der Waals surface area contributed by atoms with Gasteiger partial charge in [-0.05, 0) is 38.0 Å². The molecule has 0 radical (unpaired) electrons. The molecule has 0 saturated carbocycles. The molecule has 0 bridgehead atoms. The van der Waals surface area contributed by atoms with Crippen LogP contribution in [0.1, 0.15) is 29.0 Å². The second-order valence-corrected chi connectivity index (χ2v) is 7.23. The second kappa shape index (κ2) is 6.83. The lowest BCUT2D eigenvalue weighted by atomic mass is 10.0. The molecule has 2 aliphatic heterocycles. The number of hydrogen-bond donors (Lipinski definition) is 0. The fourth-order valence-electron chi connectivity index (χ4n) is 3.73. The predicted octanol–water partition coefficient (Wildman–Crippen LogP) is 3.50. The van der Waals surface area contributed by atoms with Crippen molar-refractivity contribution < 1.29 is 14.0 Å². The lowest BCUT2D eigenvalue weighted by molar-refractivity contribution is 0.174. The molecule has 28 heavy (non-hydrogen) atoms. The highest BCUT2D eigenvalue weighted by Gasteiger charge is 2.19. The van der Waals surface area contributed by atoms with Gasteiger partial charge in [0.15, 0.2) is 11.5 Å². The zero-order valence-corrected chi connectivity index (χ0v) is 16.0. The Morgan fingerprint density at radius 3 is 2.82 bits per heavy atom. The van der Waals surface area contributed by atoms with Crippen molar-refractivity contribution in [2.45, 2.75) is 26.8 Å². The topological polar surface area (TPSA) is 65.6 Å². The van der Waals surface area contributed by atoms with E-state index in [-0.39, 0.29) is 6.79 Å². The molecule has 0 amide bonds. The fraction of sp³-hybridized carbons (Fsp3) is 0.333. The van der Waals surface area contributed by atoms with E-state index in [4.69, 9.17) is 14.0 Å². The molecule has 0 atom stereocenters. The zero-order chi connectivity index (χ0) is 19.1. The van der Waals surface area contributed by atoms with E-state index in [1.165, 1.54) is 11.1 Å². The molecule has 0 aliphatic carbocycles. The molecule has 2 aliphatic rings. The summed E-state index contributed by atoms with van der Waals surface area (Å²) in [4.78, 5) is 2.41. The van der Waals surface area contributed by atoms with Crippen LogP contribution in [-0.4, -0.2) is 39.7 Å². The Hall–Kier alpha value is -3.06. The summed E-state index contributed by atoms with van der Waals surface area (Å²) in [5.41, 5.74) is 5.65. The highest BCUT2D eigenvalue weighted by atomic mass is 16.7. The minimum absolute atomic E-state index is 0.278. The normalized spacial score (nSPS) is 16.4. The summed E-state index contributed by atoms with van der Waals surface area (Å²) >= 11 is 0. The summed E-state index contributed by atoms with van der Waals surface area (Å²) in [6.45, 7) is 7.05. The van der Waals surface area contributed by atoms with E-state index < -0.39 is 0 Å². The summed E-state index contributed by atoms with van der Waals surface area (Å²) in [6, 6.07) is 5.87. The minimum Gasteiger partial charge on any atom is -0.454 e. The van der Waals surface area contributed by atoms with Crippen LogP contribution in [0.3, 0.4) is 0 Å². The molecule has 7 heteroatoms. The first-order valence-corrected chi connectivity index (χ1v) is 9.45. The molecule has 0 fully saturated rings. The van der Waals surface area contributed by atoms with Crippen LogP contribution in [0, 0.1) is 13.8 Å². The number of ether oxygens (including phenoxy) is 2.